The van der Waals surface area contributed by atoms with Crippen molar-refractivity contribution in [2.24, 2.45) is 5.92 Å². The number of benzene rings is 1. The summed E-state index contributed by atoms with van der Waals surface area (Å²) in [6, 6.07) is 5.87. The van der Waals surface area contributed by atoms with Crippen molar-refractivity contribution in [3.8, 4) is 5.75 Å². The highest BCUT2D eigenvalue weighted by Crippen LogP contribution is 2.29. The number of ether oxygens (including phenoxy) is 1. The summed E-state index contributed by atoms with van der Waals surface area (Å²) in [4.78, 5) is 16.3. The Balaban J connectivity index is 2.09. The first kappa shape index (κ1) is 16.3. The molecule has 0 bridgehead atoms. The average molecular weight is 319 g/mol. The zero-order chi connectivity index (χ0) is 16.1. The van der Waals surface area contributed by atoms with Crippen LogP contribution in [0, 0.1) is 12.8 Å². The van der Waals surface area contributed by atoms with E-state index in [0.29, 0.717) is 23.3 Å². The van der Waals surface area contributed by atoms with Gasteiger partial charge in [0.1, 0.15) is 11.4 Å². The SMILES string of the molecule is COc1ccc(C)cc1Nc1nc(C(=O)NCC(C)C)cs1. The largest absolute Gasteiger partial charge is 0.495 e. The van der Waals surface area contributed by atoms with Gasteiger partial charge >= 0.3 is 0 Å². The predicted octanol–water partition coefficient (Wildman–Crippen LogP) is 3.59. The maximum atomic E-state index is 12.0. The molecule has 6 heteroatoms. The first-order valence-electron chi connectivity index (χ1n) is 7.15. The third-order valence-corrected chi connectivity index (χ3v) is 3.76. The molecule has 1 aromatic heterocycles. The Kier molecular flexibility index (Phi) is 5.38. The first-order valence-corrected chi connectivity index (χ1v) is 8.03. The summed E-state index contributed by atoms with van der Waals surface area (Å²) in [5.74, 6) is 1.01. The molecular formula is C16H21N3O2S. The number of aryl methyl sites for hydroxylation is 1. The van der Waals surface area contributed by atoms with Crippen LogP contribution in [0.2, 0.25) is 0 Å². The predicted molar refractivity (Wildman–Crippen MR) is 90.3 cm³/mol. The molecule has 0 aliphatic heterocycles. The monoisotopic (exact) mass is 319 g/mol. The van der Waals surface area contributed by atoms with E-state index in [9.17, 15) is 4.79 Å². The molecule has 0 unspecified atom stereocenters. The van der Waals surface area contributed by atoms with Crippen LogP contribution in [0.1, 0.15) is 29.9 Å². The van der Waals surface area contributed by atoms with Crippen LogP contribution in [0.15, 0.2) is 23.6 Å². The van der Waals surface area contributed by atoms with Crippen molar-refractivity contribution in [1.82, 2.24) is 10.3 Å². The number of methoxy groups -OCH3 is 1. The summed E-state index contributed by atoms with van der Waals surface area (Å²) in [7, 11) is 1.63. The standard InChI is InChI=1S/C16H21N3O2S/c1-10(2)8-17-15(20)13-9-22-16(19-13)18-12-7-11(3)5-6-14(12)21-4/h5-7,9-10H,8H2,1-4H3,(H,17,20)(H,18,19). The molecule has 22 heavy (non-hydrogen) atoms. The topological polar surface area (TPSA) is 63.2 Å². The highest BCUT2D eigenvalue weighted by molar-refractivity contribution is 7.14. The van der Waals surface area contributed by atoms with Crippen LogP contribution in [0.3, 0.4) is 0 Å². The number of rotatable bonds is 6. The molecule has 2 rings (SSSR count). The van der Waals surface area contributed by atoms with Crippen molar-refractivity contribution < 1.29 is 9.53 Å². The van der Waals surface area contributed by atoms with Gasteiger partial charge in [-0.05, 0) is 30.5 Å². The summed E-state index contributed by atoms with van der Waals surface area (Å²) < 4.78 is 5.33. The number of amides is 1. The van der Waals surface area contributed by atoms with E-state index < -0.39 is 0 Å². The van der Waals surface area contributed by atoms with E-state index in [1.54, 1.807) is 12.5 Å². The van der Waals surface area contributed by atoms with E-state index in [0.717, 1.165) is 17.0 Å². The third-order valence-electron chi connectivity index (χ3n) is 3.00. The Morgan fingerprint density at radius 3 is 2.86 bits per heavy atom. The van der Waals surface area contributed by atoms with Crippen molar-refractivity contribution >= 4 is 28.1 Å². The normalized spacial score (nSPS) is 10.6. The van der Waals surface area contributed by atoms with Crippen molar-refractivity contribution in [3.63, 3.8) is 0 Å². The Labute approximate surface area is 134 Å². The van der Waals surface area contributed by atoms with Gasteiger partial charge in [-0.25, -0.2) is 4.98 Å². The molecule has 1 aromatic carbocycles. The van der Waals surface area contributed by atoms with Crippen LogP contribution >= 0.6 is 11.3 Å². The number of nitrogens with zero attached hydrogens (tertiary/aromatic N) is 1. The minimum Gasteiger partial charge on any atom is -0.495 e. The number of carbonyl (C=O) groups excluding carboxylic acids is 1. The molecule has 0 saturated heterocycles. The van der Waals surface area contributed by atoms with E-state index in [1.807, 2.05) is 25.1 Å². The van der Waals surface area contributed by atoms with Crippen LogP contribution in [-0.2, 0) is 0 Å². The van der Waals surface area contributed by atoms with Crippen LogP contribution < -0.4 is 15.4 Å². The van der Waals surface area contributed by atoms with Crippen molar-refractivity contribution in [2.45, 2.75) is 20.8 Å². The van der Waals surface area contributed by atoms with Gasteiger partial charge < -0.3 is 15.4 Å². The second-order valence-electron chi connectivity index (χ2n) is 5.47. The molecule has 0 saturated carbocycles. The number of aromatic nitrogens is 1. The zero-order valence-electron chi connectivity index (χ0n) is 13.3. The molecule has 0 radical (unpaired) electrons. The summed E-state index contributed by atoms with van der Waals surface area (Å²) >= 11 is 1.39. The van der Waals surface area contributed by atoms with Crippen molar-refractivity contribution in [2.75, 3.05) is 19.0 Å². The van der Waals surface area contributed by atoms with E-state index in [4.69, 9.17) is 4.74 Å². The molecule has 0 atom stereocenters. The van der Waals surface area contributed by atoms with Gasteiger partial charge in [0.25, 0.3) is 5.91 Å². The Morgan fingerprint density at radius 2 is 2.18 bits per heavy atom. The summed E-state index contributed by atoms with van der Waals surface area (Å²) in [6.07, 6.45) is 0. The third kappa shape index (κ3) is 4.21. The molecule has 5 nitrogen and oxygen atoms in total. The van der Waals surface area contributed by atoms with Gasteiger partial charge in [0.05, 0.1) is 12.8 Å². The number of anilines is 2. The lowest BCUT2D eigenvalue weighted by molar-refractivity contribution is 0.0945. The lowest BCUT2D eigenvalue weighted by Gasteiger charge is -2.09. The van der Waals surface area contributed by atoms with Crippen LogP contribution in [0.5, 0.6) is 5.75 Å². The van der Waals surface area contributed by atoms with Gasteiger partial charge in [0, 0.05) is 11.9 Å². The molecule has 0 aliphatic carbocycles. The van der Waals surface area contributed by atoms with E-state index in [2.05, 4.69) is 29.5 Å². The Bertz CT molecular complexity index is 653. The number of carbonyl (C=O) groups is 1. The van der Waals surface area contributed by atoms with E-state index >= 15 is 0 Å². The smallest absolute Gasteiger partial charge is 0.270 e. The minimum atomic E-state index is -0.144. The summed E-state index contributed by atoms with van der Waals surface area (Å²) in [6.45, 7) is 6.76. The van der Waals surface area contributed by atoms with Crippen LogP contribution in [-0.4, -0.2) is 24.5 Å². The highest BCUT2D eigenvalue weighted by Gasteiger charge is 2.12. The zero-order valence-corrected chi connectivity index (χ0v) is 14.1. The average Bonchev–Trinajstić information content (AvgIpc) is 2.93. The second-order valence-corrected chi connectivity index (χ2v) is 6.33. The molecule has 1 amide bonds. The molecule has 2 aromatic rings. The van der Waals surface area contributed by atoms with Crippen molar-refractivity contribution in [1.29, 1.82) is 0 Å². The lowest BCUT2D eigenvalue weighted by Crippen LogP contribution is -2.27. The lowest BCUT2D eigenvalue weighted by atomic mass is 10.2. The van der Waals surface area contributed by atoms with Gasteiger partial charge in [0.2, 0.25) is 0 Å². The molecule has 0 aliphatic rings. The van der Waals surface area contributed by atoms with Gasteiger partial charge in [0.15, 0.2) is 5.13 Å². The highest BCUT2D eigenvalue weighted by atomic mass is 32.1. The number of hydrogen-bond donors (Lipinski definition) is 2. The van der Waals surface area contributed by atoms with Crippen LogP contribution in [0.25, 0.3) is 0 Å². The van der Waals surface area contributed by atoms with Gasteiger partial charge in [-0.15, -0.1) is 11.3 Å². The number of nitrogens with one attached hydrogen (secondary N) is 2. The van der Waals surface area contributed by atoms with Crippen molar-refractivity contribution in [3.05, 3.63) is 34.8 Å². The fourth-order valence-corrected chi connectivity index (χ4v) is 2.56. The Hall–Kier alpha value is -2.08. The summed E-state index contributed by atoms with van der Waals surface area (Å²) in [5, 5.41) is 8.48. The quantitative estimate of drug-likeness (QED) is 0.854. The number of thiazole rings is 1. The molecule has 1 heterocycles. The fraction of sp³-hybridized carbons (Fsp3) is 0.375. The Morgan fingerprint density at radius 1 is 1.41 bits per heavy atom. The van der Waals surface area contributed by atoms with E-state index in [1.165, 1.54) is 11.3 Å². The minimum absolute atomic E-state index is 0.144. The molecule has 2 N–H and O–H groups in total. The fourth-order valence-electron chi connectivity index (χ4n) is 1.86. The van der Waals surface area contributed by atoms with E-state index in [-0.39, 0.29) is 5.91 Å². The van der Waals surface area contributed by atoms with Gasteiger partial charge in [-0.2, -0.15) is 0 Å². The first-order chi connectivity index (χ1) is 10.5. The van der Waals surface area contributed by atoms with Gasteiger partial charge in [-0.3, -0.25) is 4.79 Å². The molecule has 0 spiro atoms. The van der Waals surface area contributed by atoms with Gasteiger partial charge in [-0.1, -0.05) is 19.9 Å². The number of hydrogen-bond acceptors (Lipinski definition) is 5. The maximum absolute atomic E-state index is 12.0. The molecule has 0 fully saturated rings. The maximum Gasteiger partial charge on any atom is 0.270 e. The summed E-state index contributed by atoms with van der Waals surface area (Å²) in [5.41, 5.74) is 2.39. The second kappa shape index (κ2) is 7.26. The molecule has 118 valence electrons. The van der Waals surface area contributed by atoms with Crippen LogP contribution in [0.4, 0.5) is 10.8 Å². The molecular weight excluding hydrogens is 298 g/mol.